The molecule has 0 aliphatic heterocycles. The molecule has 0 fully saturated rings. The van der Waals surface area contributed by atoms with Crippen molar-refractivity contribution in [1.29, 1.82) is 0 Å². The van der Waals surface area contributed by atoms with Gasteiger partial charge < -0.3 is 0 Å². The smallest absolute Gasteiger partial charge is 0.124 e. The van der Waals surface area contributed by atoms with Crippen molar-refractivity contribution < 1.29 is 4.39 Å². The highest BCUT2D eigenvalue weighted by Gasteiger charge is 2.08. The van der Waals surface area contributed by atoms with Gasteiger partial charge in [0, 0.05) is 0 Å². The van der Waals surface area contributed by atoms with Gasteiger partial charge in [-0.3, -0.25) is 0 Å². The molecule has 25 heavy (non-hydrogen) atoms. The molecular weight excluding hydrogens is 307 g/mol. The van der Waals surface area contributed by atoms with Crippen LogP contribution in [-0.2, 0) is 6.42 Å². The first-order valence-electron chi connectivity index (χ1n) is 9.89. The van der Waals surface area contributed by atoms with E-state index in [0.717, 1.165) is 23.8 Å². The largest absolute Gasteiger partial charge is 0.207 e. The number of aryl methyl sites for hydroxylation is 1. The Labute approximate surface area is 151 Å². The molecular formula is C24H29F. The molecule has 0 N–H and O–H groups in total. The summed E-state index contributed by atoms with van der Waals surface area (Å²) in [5.41, 5.74) is 1.16. The summed E-state index contributed by atoms with van der Waals surface area (Å²) in [6, 6.07) is 16.0. The van der Waals surface area contributed by atoms with Crippen LogP contribution in [0.5, 0.6) is 0 Å². The van der Waals surface area contributed by atoms with Gasteiger partial charge in [0.2, 0.25) is 0 Å². The van der Waals surface area contributed by atoms with E-state index in [2.05, 4.69) is 43.3 Å². The quantitative estimate of drug-likeness (QED) is 0.276. The van der Waals surface area contributed by atoms with Crippen LogP contribution in [0.2, 0.25) is 0 Å². The summed E-state index contributed by atoms with van der Waals surface area (Å²) in [4.78, 5) is 0. The predicted octanol–water partition coefficient (Wildman–Crippen LogP) is 7.82. The maximum Gasteiger partial charge on any atom is 0.124 e. The Hall–Kier alpha value is -1.89. The average molecular weight is 336 g/mol. The molecule has 132 valence electrons. The highest BCUT2D eigenvalue weighted by atomic mass is 19.1. The van der Waals surface area contributed by atoms with Gasteiger partial charge in [0.05, 0.1) is 0 Å². The van der Waals surface area contributed by atoms with Crippen molar-refractivity contribution in [3.8, 4) is 0 Å². The second-order valence-corrected chi connectivity index (χ2v) is 7.17. The van der Waals surface area contributed by atoms with E-state index in [1.54, 1.807) is 12.1 Å². The SMILES string of the molecule is CCCCCCCCCCc1cc(F)cc2ccc3ccccc3c12. The Kier molecular flexibility index (Phi) is 6.44. The molecule has 0 amide bonds. The van der Waals surface area contributed by atoms with Crippen molar-refractivity contribution in [2.24, 2.45) is 0 Å². The highest BCUT2D eigenvalue weighted by Crippen LogP contribution is 2.30. The third-order valence-electron chi connectivity index (χ3n) is 5.19. The molecule has 3 rings (SSSR count). The third kappa shape index (κ3) is 4.60. The molecule has 3 aromatic carbocycles. The molecule has 0 spiro atoms. The topological polar surface area (TPSA) is 0 Å². The van der Waals surface area contributed by atoms with Gasteiger partial charge in [-0.15, -0.1) is 0 Å². The molecule has 0 atom stereocenters. The van der Waals surface area contributed by atoms with E-state index < -0.39 is 0 Å². The summed E-state index contributed by atoms with van der Waals surface area (Å²) in [5, 5.41) is 4.74. The van der Waals surface area contributed by atoms with Crippen molar-refractivity contribution >= 4 is 21.5 Å². The van der Waals surface area contributed by atoms with Gasteiger partial charge in [0.1, 0.15) is 5.82 Å². The van der Waals surface area contributed by atoms with E-state index in [1.807, 2.05) is 0 Å². The van der Waals surface area contributed by atoms with Gasteiger partial charge in [-0.1, -0.05) is 88.3 Å². The van der Waals surface area contributed by atoms with E-state index >= 15 is 0 Å². The maximum absolute atomic E-state index is 14.0. The molecule has 0 heterocycles. The van der Waals surface area contributed by atoms with Crippen molar-refractivity contribution in [3.63, 3.8) is 0 Å². The van der Waals surface area contributed by atoms with Crippen molar-refractivity contribution in [1.82, 2.24) is 0 Å². The standard InChI is InChI=1S/C24H29F/c1-2-3-4-5-6-7-8-9-13-20-17-22(25)18-21-16-15-19-12-10-11-14-23(19)24(20)21/h10-12,14-18H,2-9,13H2,1H3. The Balaban J connectivity index is 1.69. The summed E-state index contributed by atoms with van der Waals surface area (Å²) in [7, 11) is 0. The minimum atomic E-state index is -0.114. The van der Waals surface area contributed by atoms with Crippen LogP contribution < -0.4 is 0 Å². The van der Waals surface area contributed by atoms with E-state index in [-0.39, 0.29) is 5.82 Å². The fourth-order valence-electron chi connectivity index (χ4n) is 3.84. The molecule has 0 nitrogen and oxygen atoms in total. The number of rotatable bonds is 9. The molecule has 0 unspecified atom stereocenters. The Morgan fingerprint density at radius 2 is 1.40 bits per heavy atom. The minimum absolute atomic E-state index is 0.114. The van der Waals surface area contributed by atoms with Crippen LogP contribution in [0.4, 0.5) is 4.39 Å². The zero-order chi connectivity index (χ0) is 17.5. The molecule has 0 aromatic heterocycles. The van der Waals surface area contributed by atoms with Crippen LogP contribution in [-0.4, -0.2) is 0 Å². The highest BCUT2D eigenvalue weighted by molar-refractivity contribution is 6.09. The normalized spacial score (nSPS) is 11.4. The minimum Gasteiger partial charge on any atom is -0.207 e. The number of unbranched alkanes of at least 4 members (excludes halogenated alkanes) is 7. The second kappa shape index (κ2) is 8.99. The fraction of sp³-hybridized carbons (Fsp3) is 0.417. The lowest BCUT2D eigenvalue weighted by Crippen LogP contribution is -1.92. The molecule has 0 radical (unpaired) electrons. The molecule has 0 aliphatic rings. The number of hydrogen-bond acceptors (Lipinski definition) is 0. The second-order valence-electron chi connectivity index (χ2n) is 7.17. The van der Waals surface area contributed by atoms with Gasteiger partial charge in [0.25, 0.3) is 0 Å². The van der Waals surface area contributed by atoms with Crippen LogP contribution in [0.15, 0.2) is 48.5 Å². The molecule has 0 saturated carbocycles. The Bertz CT molecular complexity index is 819. The Morgan fingerprint density at radius 1 is 0.720 bits per heavy atom. The lowest BCUT2D eigenvalue weighted by atomic mass is 9.94. The molecule has 0 bridgehead atoms. The lowest BCUT2D eigenvalue weighted by Gasteiger charge is -2.11. The fourth-order valence-corrected chi connectivity index (χ4v) is 3.84. The van der Waals surface area contributed by atoms with E-state index in [1.165, 1.54) is 61.1 Å². The van der Waals surface area contributed by atoms with E-state index in [4.69, 9.17) is 0 Å². The van der Waals surface area contributed by atoms with E-state index in [9.17, 15) is 4.39 Å². The van der Waals surface area contributed by atoms with Crippen molar-refractivity contribution in [2.75, 3.05) is 0 Å². The van der Waals surface area contributed by atoms with Gasteiger partial charge in [-0.05, 0) is 52.1 Å². The molecule has 0 saturated heterocycles. The molecule has 0 aliphatic carbocycles. The first-order valence-corrected chi connectivity index (χ1v) is 9.89. The summed E-state index contributed by atoms with van der Waals surface area (Å²) in [6.07, 6.45) is 11.4. The first kappa shape index (κ1) is 17.9. The number of fused-ring (bicyclic) bond motifs is 3. The molecule has 3 aromatic rings. The van der Waals surface area contributed by atoms with Gasteiger partial charge >= 0.3 is 0 Å². The van der Waals surface area contributed by atoms with Crippen LogP contribution in [0.1, 0.15) is 63.9 Å². The monoisotopic (exact) mass is 336 g/mol. The summed E-state index contributed by atoms with van der Waals surface area (Å²) < 4.78 is 14.0. The zero-order valence-corrected chi connectivity index (χ0v) is 15.4. The van der Waals surface area contributed by atoms with Crippen molar-refractivity contribution in [3.05, 3.63) is 59.9 Å². The molecule has 1 heteroatoms. The average Bonchev–Trinajstić information content (AvgIpc) is 2.63. The first-order chi connectivity index (χ1) is 12.3. The van der Waals surface area contributed by atoms with Gasteiger partial charge in [-0.2, -0.15) is 0 Å². The van der Waals surface area contributed by atoms with Crippen molar-refractivity contribution in [2.45, 2.75) is 64.7 Å². The maximum atomic E-state index is 14.0. The number of hydrogen-bond donors (Lipinski definition) is 0. The summed E-state index contributed by atoms with van der Waals surface area (Å²) in [5.74, 6) is -0.114. The zero-order valence-electron chi connectivity index (χ0n) is 15.4. The van der Waals surface area contributed by atoms with Gasteiger partial charge in [-0.25, -0.2) is 4.39 Å². The van der Waals surface area contributed by atoms with E-state index in [0.29, 0.717) is 0 Å². The number of benzene rings is 3. The summed E-state index contributed by atoms with van der Waals surface area (Å²) >= 11 is 0. The van der Waals surface area contributed by atoms with Crippen LogP contribution >= 0.6 is 0 Å². The van der Waals surface area contributed by atoms with Crippen LogP contribution in [0, 0.1) is 5.82 Å². The third-order valence-corrected chi connectivity index (χ3v) is 5.19. The van der Waals surface area contributed by atoms with Crippen LogP contribution in [0.25, 0.3) is 21.5 Å². The van der Waals surface area contributed by atoms with Crippen LogP contribution in [0.3, 0.4) is 0 Å². The predicted molar refractivity (Wildman–Crippen MR) is 108 cm³/mol. The number of halogens is 1. The summed E-state index contributed by atoms with van der Waals surface area (Å²) in [6.45, 7) is 2.26. The van der Waals surface area contributed by atoms with Gasteiger partial charge in [0.15, 0.2) is 0 Å². The lowest BCUT2D eigenvalue weighted by molar-refractivity contribution is 0.575. The Morgan fingerprint density at radius 3 is 2.20 bits per heavy atom.